The molecule has 0 N–H and O–H groups in total. The van der Waals surface area contributed by atoms with Gasteiger partial charge in [0.25, 0.3) is 0 Å². The summed E-state index contributed by atoms with van der Waals surface area (Å²) in [5.41, 5.74) is 0.852. The highest BCUT2D eigenvalue weighted by Crippen LogP contribution is 2.20. The molecule has 0 aliphatic carbocycles. The van der Waals surface area contributed by atoms with Gasteiger partial charge in [-0.05, 0) is 17.3 Å². The molecular weight excluding hydrogens is 196 g/mol. The first kappa shape index (κ1) is 18.0. The third kappa shape index (κ3) is 19.3. The zero-order valence-corrected chi connectivity index (χ0v) is 12.7. The minimum Gasteiger partial charge on any atom is -0.300 e. The van der Waals surface area contributed by atoms with Gasteiger partial charge in [-0.2, -0.15) is 0 Å². The SMILES string of the molecule is CCC(=O)CCC(C)(C)C.CCC(C)(C)C. The van der Waals surface area contributed by atoms with Crippen molar-refractivity contribution in [2.24, 2.45) is 10.8 Å². The first-order chi connectivity index (χ1) is 7.02. The van der Waals surface area contributed by atoms with E-state index < -0.39 is 0 Å². The summed E-state index contributed by atoms with van der Waals surface area (Å²) < 4.78 is 0. The summed E-state index contributed by atoms with van der Waals surface area (Å²) in [6.07, 6.45) is 3.72. The molecule has 98 valence electrons. The van der Waals surface area contributed by atoms with Crippen molar-refractivity contribution in [3.05, 3.63) is 0 Å². The minimum atomic E-state index is 0.310. The summed E-state index contributed by atoms with van der Waals surface area (Å²) in [5.74, 6) is 0.384. The number of rotatable bonds is 3. The molecule has 0 bridgehead atoms. The van der Waals surface area contributed by atoms with E-state index in [9.17, 15) is 4.79 Å². The second-order valence-electron chi connectivity index (χ2n) is 6.87. The van der Waals surface area contributed by atoms with Crippen molar-refractivity contribution in [1.82, 2.24) is 0 Å². The Morgan fingerprint density at radius 3 is 1.44 bits per heavy atom. The molecule has 0 fully saturated rings. The molecule has 0 aromatic carbocycles. The summed E-state index contributed by atoms with van der Waals surface area (Å²) in [6, 6.07) is 0. The van der Waals surface area contributed by atoms with Crippen LogP contribution in [0.4, 0.5) is 0 Å². The van der Waals surface area contributed by atoms with E-state index in [2.05, 4.69) is 48.5 Å². The number of carbonyl (C=O) groups is 1. The Morgan fingerprint density at radius 2 is 1.25 bits per heavy atom. The maximum atomic E-state index is 10.9. The third-order valence-corrected chi connectivity index (χ3v) is 2.61. The summed E-state index contributed by atoms with van der Waals surface area (Å²) in [5, 5.41) is 0. The van der Waals surface area contributed by atoms with Crippen molar-refractivity contribution in [2.45, 2.75) is 81.1 Å². The van der Waals surface area contributed by atoms with Crippen molar-refractivity contribution in [3.63, 3.8) is 0 Å². The lowest BCUT2D eigenvalue weighted by atomic mass is 9.89. The number of hydrogen-bond donors (Lipinski definition) is 0. The van der Waals surface area contributed by atoms with Gasteiger partial charge in [-0.1, -0.05) is 61.8 Å². The van der Waals surface area contributed by atoms with Crippen LogP contribution in [0.2, 0.25) is 0 Å². The summed E-state index contributed by atoms with van der Waals surface area (Å²) >= 11 is 0. The Morgan fingerprint density at radius 1 is 0.875 bits per heavy atom. The van der Waals surface area contributed by atoms with Gasteiger partial charge in [0.05, 0.1) is 0 Å². The van der Waals surface area contributed by atoms with Gasteiger partial charge in [0.2, 0.25) is 0 Å². The van der Waals surface area contributed by atoms with E-state index in [0.717, 1.165) is 12.8 Å². The highest BCUT2D eigenvalue weighted by molar-refractivity contribution is 5.77. The molecule has 0 spiro atoms. The fraction of sp³-hybridized carbons (Fsp3) is 0.933. The first-order valence-corrected chi connectivity index (χ1v) is 6.53. The van der Waals surface area contributed by atoms with Crippen molar-refractivity contribution in [3.8, 4) is 0 Å². The van der Waals surface area contributed by atoms with E-state index in [4.69, 9.17) is 0 Å². The zero-order chi connectivity index (χ0) is 13.4. The van der Waals surface area contributed by atoms with Crippen molar-refractivity contribution in [2.75, 3.05) is 0 Å². The molecule has 1 nitrogen and oxygen atoms in total. The van der Waals surface area contributed by atoms with Gasteiger partial charge in [-0.25, -0.2) is 0 Å². The Hall–Kier alpha value is -0.330. The van der Waals surface area contributed by atoms with Crippen LogP contribution in [0.1, 0.15) is 81.1 Å². The second kappa shape index (κ2) is 7.86. The van der Waals surface area contributed by atoms with Gasteiger partial charge in [0, 0.05) is 12.8 Å². The summed E-state index contributed by atoms with van der Waals surface area (Å²) in [7, 11) is 0. The molecule has 0 aliphatic rings. The van der Waals surface area contributed by atoms with Crippen molar-refractivity contribution < 1.29 is 4.79 Å². The average Bonchev–Trinajstić information content (AvgIpc) is 2.13. The predicted octanol–water partition coefficient (Wildman–Crippen LogP) is 5.23. The fourth-order valence-corrected chi connectivity index (χ4v) is 0.691. The van der Waals surface area contributed by atoms with E-state index in [-0.39, 0.29) is 0 Å². The van der Waals surface area contributed by atoms with Crippen LogP contribution in [-0.4, -0.2) is 5.78 Å². The lowest BCUT2D eigenvalue weighted by molar-refractivity contribution is -0.119. The van der Waals surface area contributed by atoms with Crippen molar-refractivity contribution >= 4 is 5.78 Å². The van der Waals surface area contributed by atoms with Gasteiger partial charge < -0.3 is 0 Å². The first-order valence-electron chi connectivity index (χ1n) is 6.53. The van der Waals surface area contributed by atoms with E-state index in [1.54, 1.807) is 0 Å². The lowest BCUT2D eigenvalue weighted by Gasteiger charge is -2.16. The van der Waals surface area contributed by atoms with E-state index >= 15 is 0 Å². The van der Waals surface area contributed by atoms with Gasteiger partial charge in [-0.3, -0.25) is 4.79 Å². The quantitative estimate of drug-likeness (QED) is 0.646. The number of Topliss-reactive ketones (excluding diaryl/α,β-unsaturated/α-hetero) is 1. The largest absolute Gasteiger partial charge is 0.300 e. The maximum Gasteiger partial charge on any atom is 0.132 e. The molecule has 0 aromatic heterocycles. The van der Waals surface area contributed by atoms with Crippen LogP contribution >= 0.6 is 0 Å². The Bertz CT molecular complexity index is 179. The highest BCUT2D eigenvalue weighted by Gasteiger charge is 2.11. The number of hydrogen-bond acceptors (Lipinski definition) is 1. The Kier molecular flexibility index (Phi) is 8.87. The molecular formula is C15H32O. The molecule has 0 rings (SSSR count). The monoisotopic (exact) mass is 228 g/mol. The standard InChI is InChI=1S/C9H18O.C6H14/c1-5-8(10)6-7-9(2,3)4;1-5-6(2,3)4/h5-7H2,1-4H3;5H2,1-4H3. The molecule has 0 saturated heterocycles. The van der Waals surface area contributed by atoms with E-state index in [0.29, 0.717) is 23.0 Å². The maximum absolute atomic E-state index is 10.9. The fourth-order valence-electron chi connectivity index (χ4n) is 0.691. The van der Waals surface area contributed by atoms with Crippen LogP contribution in [0.15, 0.2) is 0 Å². The topological polar surface area (TPSA) is 17.1 Å². The molecule has 16 heavy (non-hydrogen) atoms. The normalized spacial score (nSPS) is 11.8. The molecule has 0 aromatic rings. The van der Waals surface area contributed by atoms with Crippen LogP contribution in [0.5, 0.6) is 0 Å². The molecule has 0 aliphatic heterocycles. The average molecular weight is 228 g/mol. The Labute approximate surface area is 103 Å². The lowest BCUT2D eigenvalue weighted by Crippen LogP contribution is -2.07. The van der Waals surface area contributed by atoms with Crippen molar-refractivity contribution in [1.29, 1.82) is 0 Å². The van der Waals surface area contributed by atoms with Crippen LogP contribution in [0.3, 0.4) is 0 Å². The number of carbonyl (C=O) groups excluding carboxylic acids is 1. The molecule has 0 unspecified atom stereocenters. The molecule has 0 heterocycles. The van der Waals surface area contributed by atoms with Crippen LogP contribution in [0.25, 0.3) is 0 Å². The van der Waals surface area contributed by atoms with Gasteiger partial charge in [0.15, 0.2) is 0 Å². The second-order valence-corrected chi connectivity index (χ2v) is 6.87. The Balaban J connectivity index is 0. The molecule has 1 heteroatoms. The molecule has 0 radical (unpaired) electrons. The van der Waals surface area contributed by atoms with E-state index in [1.807, 2.05) is 6.92 Å². The number of ketones is 1. The summed E-state index contributed by atoms with van der Waals surface area (Å²) in [4.78, 5) is 10.9. The molecule has 0 atom stereocenters. The van der Waals surface area contributed by atoms with E-state index in [1.165, 1.54) is 6.42 Å². The van der Waals surface area contributed by atoms with Crippen LogP contribution in [0, 0.1) is 10.8 Å². The predicted molar refractivity (Wildman–Crippen MR) is 73.7 cm³/mol. The smallest absolute Gasteiger partial charge is 0.132 e. The zero-order valence-electron chi connectivity index (χ0n) is 12.7. The van der Waals surface area contributed by atoms with Gasteiger partial charge >= 0.3 is 0 Å². The third-order valence-electron chi connectivity index (χ3n) is 2.61. The molecule has 0 amide bonds. The highest BCUT2D eigenvalue weighted by atomic mass is 16.1. The minimum absolute atomic E-state index is 0.310. The van der Waals surface area contributed by atoms with Gasteiger partial charge in [-0.15, -0.1) is 0 Å². The van der Waals surface area contributed by atoms with Crippen LogP contribution < -0.4 is 0 Å². The van der Waals surface area contributed by atoms with Crippen LogP contribution in [-0.2, 0) is 4.79 Å². The van der Waals surface area contributed by atoms with Gasteiger partial charge in [0.1, 0.15) is 5.78 Å². The summed E-state index contributed by atoms with van der Waals surface area (Å²) in [6.45, 7) is 17.3. The molecule has 0 saturated carbocycles.